The van der Waals surface area contributed by atoms with Crippen LogP contribution in [0.15, 0.2) is 24.3 Å². The van der Waals surface area contributed by atoms with Crippen molar-refractivity contribution >= 4 is 22.7 Å². The van der Waals surface area contributed by atoms with E-state index in [1.807, 2.05) is 35.9 Å². The number of carbonyl (C=O) groups excluding carboxylic acids is 2. The van der Waals surface area contributed by atoms with E-state index < -0.39 is 6.04 Å². The molecule has 2 aromatic rings. The van der Waals surface area contributed by atoms with Crippen molar-refractivity contribution in [2.75, 3.05) is 33.8 Å². The van der Waals surface area contributed by atoms with Gasteiger partial charge < -0.3 is 19.5 Å². The quantitative estimate of drug-likeness (QED) is 0.883. The number of methoxy groups -OCH3 is 1. The summed E-state index contributed by atoms with van der Waals surface area (Å²) < 4.78 is 7.16. The van der Waals surface area contributed by atoms with E-state index in [9.17, 15) is 9.59 Å². The number of hydrogen-bond donors (Lipinski definition) is 1. The van der Waals surface area contributed by atoms with Crippen LogP contribution in [0.5, 0.6) is 5.75 Å². The van der Waals surface area contributed by atoms with Gasteiger partial charge in [-0.3, -0.25) is 14.5 Å². The molecule has 2 heterocycles. The van der Waals surface area contributed by atoms with Gasteiger partial charge in [0, 0.05) is 50.7 Å². The van der Waals surface area contributed by atoms with E-state index in [4.69, 9.17) is 4.74 Å². The maximum Gasteiger partial charge on any atom is 0.271 e. The minimum atomic E-state index is -0.494. The zero-order valence-corrected chi connectivity index (χ0v) is 16.7. The number of carbonyl (C=O) groups is 2. The Morgan fingerprint density at radius 3 is 2.59 bits per heavy atom. The smallest absolute Gasteiger partial charge is 0.271 e. The number of rotatable bonds is 4. The third-order valence-corrected chi connectivity index (χ3v) is 5.42. The minimum Gasteiger partial charge on any atom is -0.497 e. The lowest BCUT2D eigenvalue weighted by Gasteiger charge is -2.42. The second-order valence-corrected chi connectivity index (χ2v) is 7.23. The predicted octanol–water partition coefficient (Wildman–Crippen LogP) is 1.47. The molecule has 1 N–H and O–H groups in total. The van der Waals surface area contributed by atoms with Gasteiger partial charge in [-0.2, -0.15) is 0 Å². The zero-order chi connectivity index (χ0) is 19.7. The molecule has 146 valence electrons. The van der Waals surface area contributed by atoms with Crippen LogP contribution in [0.2, 0.25) is 0 Å². The van der Waals surface area contributed by atoms with E-state index in [2.05, 4.69) is 24.1 Å². The zero-order valence-electron chi connectivity index (χ0n) is 16.7. The largest absolute Gasteiger partial charge is 0.497 e. The normalized spacial score (nSPS) is 18.1. The molecule has 3 rings (SSSR count). The maximum absolute atomic E-state index is 13.3. The maximum atomic E-state index is 13.3. The van der Waals surface area contributed by atoms with Crippen LogP contribution in [0, 0.1) is 0 Å². The van der Waals surface area contributed by atoms with Crippen LogP contribution in [-0.4, -0.2) is 72.1 Å². The van der Waals surface area contributed by atoms with Gasteiger partial charge in [-0.1, -0.05) is 0 Å². The van der Waals surface area contributed by atoms with Gasteiger partial charge in [0.05, 0.1) is 7.11 Å². The first-order chi connectivity index (χ1) is 12.9. The Labute approximate surface area is 159 Å². The molecular weight excluding hydrogens is 344 g/mol. The fraction of sp³-hybridized carbons (Fsp3) is 0.500. The fourth-order valence-electron chi connectivity index (χ4n) is 3.71. The molecule has 1 unspecified atom stereocenters. The summed E-state index contributed by atoms with van der Waals surface area (Å²) >= 11 is 0. The first kappa shape index (κ1) is 19.2. The number of likely N-dealkylation sites (N-methyl/N-ethyl adjacent to an activating group) is 1. The van der Waals surface area contributed by atoms with Crippen LogP contribution in [0.4, 0.5) is 0 Å². The SMILES string of the molecule is CNC(=O)C1CN(C(C)C)CCN1C(=O)c1cc2cc(OC)ccc2n1C. The number of aryl methyl sites for hydroxylation is 1. The standard InChI is InChI=1S/C20H28N4O3/c1-13(2)23-8-9-24(18(12-23)19(25)21-3)20(26)17-11-14-10-15(27-5)6-7-16(14)22(17)4/h6-7,10-11,13,18H,8-9,12H2,1-5H3,(H,21,25). The molecule has 1 atom stereocenters. The molecule has 1 aliphatic heterocycles. The Kier molecular flexibility index (Phi) is 5.41. The molecule has 2 amide bonds. The lowest BCUT2D eigenvalue weighted by molar-refractivity contribution is -0.127. The minimum absolute atomic E-state index is 0.121. The average Bonchev–Trinajstić information content (AvgIpc) is 3.02. The van der Waals surface area contributed by atoms with E-state index >= 15 is 0 Å². The van der Waals surface area contributed by atoms with Crippen LogP contribution >= 0.6 is 0 Å². The Balaban J connectivity index is 1.94. The first-order valence-electron chi connectivity index (χ1n) is 9.27. The molecule has 1 aliphatic rings. The van der Waals surface area contributed by atoms with Crippen molar-refractivity contribution in [2.45, 2.75) is 25.9 Å². The Morgan fingerprint density at radius 2 is 1.96 bits per heavy atom. The number of nitrogens with zero attached hydrogens (tertiary/aromatic N) is 3. The molecule has 0 spiro atoms. The van der Waals surface area contributed by atoms with Crippen molar-refractivity contribution < 1.29 is 14.3 Å². The number of aromatic nitrogens is 1. The van der Waals surface area contributed by atoms with E-state index in [-0.39, 0.29) is 11.8 Å². The Bertz CT molecular complexity index is 858. The molecule has 0 aliphatic carbocycles. The third-order valence-electron chi connectivity index (χ3n) is 5.42. The Hall–Kier alpha value is -2.54. The van der Waals surface area contributed by atoms with Crippen LogP contribution in [0.1, 0.15) is 24.3 Å². The number of piperazine rings is 1. The lowest BCUT2D eigenvalue weighted by Crippen LogP contribution is -2.61. The molecule has 1 aromatic heterocycles. The summed E-state index contributed by atoms with van der Waals surface area (Å²) in [5.41, 5.74) is 1.53. The summed E-state index contributed by atoms with van der Waals surface area (Å²) in [6, 6.07) is 7.45. The van der Waals surface area contributed by atoms with Gasteiger partial charge in [-0.15, -0.1) is 0 Å². The highest BCUT2D eigenvalue weighted by atomic mass is 16.5. The number of fused-ring (bicyclic) bond motifs is 1. The molecule has 1 saturated heterocycles. The third kappa shape index (κ3) is 3.51. The second-order valence-electron chi connectivity index (χ2n) is 7.23. The summed E-state index contributed by atoms with van der Waals surface area (Å²) in [5.74, 6) is 0.500. The summed E-state index contributed by atoms with van der Waals surface area (Å²) in [6.07, 6.45) is 0. The van der Waals surface area contributed by atoms with Crippen LogP contribution in [0.3, 0.4) is 0 Å². The molecule has 7 nitrogen and oxygen atoms in total. The highest BCUT2D eigenvalue weighted by molar-refractivity contribution is 6.01. The summed E-state index contributed by atoms with van der Waals surface area (Å²) in [4.78, 5) is 29.7. The van der Waals surface area contributed by atoms with E-state index in [0.29, 0.717) is 24.8 Å². The van der Waals surface area contributed by atoms with Gasteiger partial charge in [-0.05, 0) is 38.1 Å². The van der Waals surface area contributed by atoms with Crippen LogP contribution in [0.25, 0.3) is 10.9 Å². The molecular formula is C20H28N4O3. The van der Waals surface area contributed by atoms with Gasteiger partial charge in [0.25, 0.3) is 5.91 Å². The topological polar surface area (TPSA) is 66.8 Å². The number of amides is 2. The molecule has 7 heteroatoms. The van der Waals surface area contributed by atoms with Crippen molar-refractivity contribution in [1.82, 2.24) is 19.7 Å². The second kappa shape index (κ2) is 7.60. The van der Waals surface area contributed by atoms with E-state index in [1.54, 1.807) is 19.1 Å². The van der Waals surface area contributed by atoms with Gasteiger partial charge in [0.2, 0.25) is 5.91 Å². The van der Waals surface area contributed by atoms with E-state index in [0.717, 1.165) is 23.2 Å². The monoisotopic (exact) mass is 372 g/mol. The van der Waals surface area contributed by atoms with Crippen molar-refractivity contribution in [1.29, 1.82) is 0 Å². The van der Waals surface area contributed by atoms with E-state index in [1.165, 1.54) is 0 Å². The summed E-state index contributed by atoms with van der Waals surface area (Å²) in [6.45, 7) is 6.04. The highest BCUT2D eigenvalue weighted by Crippen LogP contribution is 2.25. The summed E-state index contributed by atoms with van der Waals surface area (Å²) in [5, 5.41) is 3.65. The van der Waals surface area contributed by atoms with Crippen molar-refractivity contribution in [3.05, 3.63) is 30.0 Å². The van der Waals surface area contributed by atoms with Crippen LogP contribution < -0.4 is 10.1 Å². The number of benzene rings is 1. The summed E-state index contributed by atoms with van der Waals surface area (Å²) in [7, 11) is 5.11. The van der Waals surface area contributed by atoms with Crippen molar-refractivity contribution in [3.63, 3.8) is 0 Å². The van der Waals surface area contributed by atoms with Gasteiger partial charge >= 0.3 is 0 Å². The molecule has 27 heavy (non-hydrogen) atoms. The van der Waals surface area contributed by atoms with Crippen LogP contribution in [-0.2, 0) is 11.8 Å². The molecule has 1 aromatic carbocycles. The molecule has 0 bridgehead atoms. The fourth-order valence-corrected chi connectivity index (χ4v) is 3.71. The lowest BCUT2D eigenvalue weighted by atomic mass is 10.1. The Morgan fingerprint density at radius 1 is 1.22 bits per heavy atom. The first-order valence-corrected chi connectivity index (χ1v) is 9.27. The number of ether oxygens (including phenoxy) is 1. The van der Waals surface area contributed by atoms with Gasteiger partial charge in [0.15, 0.2) is 0 Å². The molecule has 1 fully saturated rings. The van der Waals surface area contributed by atoms with Crippen molar-refractivity contribution in [3.8, 4) is 5.75 Å². The molecule has 0 radical (unpaired) electrons. The highest BCUT2D eigenvalue weighted by Gasteiger charge is 2.36. The molecule has 0 saturated carbocycles. The van der Waals surface area contributed by atoms with Crippen molar-refractivity contribution in [2.24, 2.45) is 7.05 Å². The predicted molar refractivity (Wildman–Crippen MR) is 105 cm³/mol. The average molecular weight is 372 g/mol. The number of hydrogen-bond acceptors (Lipinski definition) is 4. The number of nitrogens with one attached hydrogen (secondary N) is 1. The van der Waals surface area contributed by atoms with Gasteiger partial charge in [0.1, 0.15) is 17.5 Å². The van der Waals surface area contributed by atoms with Gasteiger partial charge in [-0.25, -0.2) is 0 Å².